The molecule has 1 aliphatic heterocycles. The topological polar surface area (TPSA) is 112 Å². The molecule has 9 nitrogen and oxygen atoms in total. The second-order valence-corrected chi connectivity index (χ2v) is 9.36. The fraction of sp³-hybridized carbons (Fsp3) is 0.421. The molecular weight excluding hydrogens is 396 g/mol. The summed E-state index contributed by atoms with van der Waals surface area (Å²) in [6, 6.07) is 7.81. The van der Waals surface area contributed by atoms with Gasteiger partial charge in [-0.25, -0.2) is 8.42 Å². The zero-order chi connectivity index (χ0) is 20.4. The number of hydrogen-bond donors (Lipinski definition) is 1. The van der Waals surface area contributed by atoms with Crippen LogP contribution in [0.3, 0.4) is 0 Å². The standard InChI is InChI=1S/C19H22N4O5S/c1-23-10-8-17(21-23)20-19(24)18(22-28-14-9-11-27-12-14)13-2-4-15(5-3-13)29(25,26)16-6-7-16/h2-5,8,10,14,16H,6-7,9,11-12H2,1H3,(H,20,21,24)/b22-18+/t14-/m1/s1. The van der Waals surface area contributed by atoms with Gasteiger partial charge in [-0.1, -0.05) is 17.3 Å². The fourth-order valence-electron chi connectivity index (χ4n) is 2.98. The number of anilines is 1. The highest BCUT2D eigenvalue weighted by atomic mass is 32.2. The van der Waals surface area contributed by atoms with Crippen molar-refractivity contribution in [1.29, 1.82) is 0 Å². The van der Waals surface area contributed by atoms with E-state index in [0.717, 1.165) is 0 Å². The van der Waals surface area contributed by atoms with Crippen molar-refractivity contribution in [3.8, 4) is 0 Å². The fourth-order valence-corrected chi connectivity index (χ4v) is 4.64. The van der Waals surface area contributed by atoms with Crippen molar-refractivity contribution in [2.75, 3.05) is 18.5 Å². The molecule has 0 unspecified atom stereocenters. The summed E-state index contributed by atoms with van der Waals surface area (Å²) in [7, 11) is -1.56. The van der Waals surface area contributed by atoms with Crippen LogP contribution in [0.25, 0.3) is 0 Å². The number of aryl methyl sites for hydroxylation is 1. The number of aromatic nitrogens is 2. The zero-order valence-electron chi connectivity index (χ0n) is 15.9. The number of carbonyl (C=O) groups is 1. The van der Waals surface area contributed by atoms with Crippen LogP contribution in [0.5, 0.6) is 0 Å². The van der Waals surface area contributed by atoms with Gasteiger partial charge in [0.05, 0.1) is 23.4 Å². The lowest BCUT2D eigenvalue weighted by atomic mass is 10.1. The quantitative estimate of drug-likeness (QED) is 0.539. The van der Waals surface area contributed by atoms with Crippen LogP contribution in [0.1, 0.15) is 24.8 Å². The predicted octanol–water partition coefficient (Wildman–Crippen LogP) is 1.50. The number of benzene rings is 1. The van der Waals surface area contributed by atoms with Gasteiger partial charge in [0.2, 0.25) is 0 Å². The molecule has 0 radical (unpaired) electrons. The normalized spacial score (nSPS) is 19.9. The average molecular weight is 418 g/mol. The van der Waals surface area contributed by atoms with E-state index in [1.165, 1.54) is 12.1 Å². The zero-order valence-corrected chi connectivity index (χ0v) is 16.8. The van der Waals surface area contributed by atoms with E-state index in [2.05, 4.69) is 15.6 Å². The highest BCUT2D eigenvalue weighted by molar-refractivity contribution is 7.92. The smallest absolute Gasteiger partial charge is 0.279 e. The summed E-state index contributed by atoms with van der Waals surface area (Å²) in [6.07, 6.45) is 3.57. The van der Waals surface area contributed by atoms with Crippen LogP contribution in [-0.2, 0) is 31.3 Å². The van der Waals surface area contributed by atoms with Gasteiger partial charge in [0.15, 0.2) is 27.5 Å². The van der Waals surface area contributed by atoms with Gasteiger partial charge in [0.25, 0.3) is 5.91 Å². The van der Waals surface area contributed by atoms with Gasteiger partial charge in [-0.05, 0) is 25.0 Å². The van der Waals surface area contributed by atoms with E-state index in [1.54, 1.807) is 36.1 Å². The summed E-state index contributed by atoms with van der Waals surface area (Å²) in [5.74, 6) is -0.122. The monoisotopic (exact) mass is 418 g/mol. The van der Waals surface area contributed by atoms with Gasteiger partial charge in [-0.2, -0.15) is 5.10 Å². The SMILES string of the molecule is Cn1ccc(NC(=O)/C(=N/O[C@@H]2CCOC2)c2ccc(S(=O)(=O)C3CC3)cc2)n1. The molecular formula is C19H22N4O5S. The highest BCUT2D eigenvalue weighted by Gasteiger charge is 2.36. The highest BCUT2D eigenvalue weighted by Crippen LogP contribution is 2.33. The molecule has 1 saturated heterocycles. The Morgan fingerprint density at radius 2 is 2.00 bits per heavy atom. The summed E-state index contributed by atoms with van der Waals surface area (Å²) < 4.78 is 31.6. The molecule has 1 aliphatic carbocycles. The summed E-state index contributed by atoms with van der Waals surface area (Å²) in [5, 5.41) is 10.6. The van der Waals surface area contributed by atoms with E-state index in [4.69, 9.17) is 9.57 Å². The third-order valence-corrected chi connectivity index (χ3v) is 7.05. The Bertz CT molecular complexity index is 1020. The Hall–Kier alpha value is -2.72. The minimum absolute atomic E-state index is 0.0397. The van der Waals surface area contributed by atoms with E-state index in [0.29, 0.717) is 43.9 Å². The van der Waals surface area contributed by atoms with Crippen molar-refractivity contribution in [2.24, 2.45) is 12.2 Å². The summed E-state index contributed by atoms with van der Waals surface area (Å²) in [4.78, 5) is 18.5. The summed E-state index contributed by atoms with van der Waals surface area (Å²) >= 11 is 0. The first-order chi connectivity index (χ1) is 13.9. The molecule has 154 valence electrons. The van der Waals surface area contributed by atoms with E-state index in [9.17, 15) is 13.2 Å². The first kappa shape index (κ1) is 19.6. The molecule has 4 rings (SSSR count). The molecule has 2 aromatic rings. The van der Waals surface area contributed by atoms with Crippen LogP contribution in [0.4, 0.5) is 5.82 Å². The Morgan fingerprint density at radius 3 is 2.59 bits per heavy atom. The first-order valence-corrected chi connectivity index (χ1v) is 10.9. The molecule has 10 heteroatoms. The first-order valence-electron chi connectivity index (χ1n) is 9.40. The van der Waals surface area contributed by atoms with E-state index >= 15 is 0 Å². The van der Waals surface area contributed by atoms with Crippen molar-refractivity contribution in [1.82, 2.24) is 9.78 Å². The third kappa shape index (κ3) is 4.48. The minimum Gasteiger partial charge on any atom is -0.389 e. The van der Waals surface area contributed by atoms with Gasteiger partial charge in [0.1, 0.15) is 0 Å². The van der Waals surface area contributed by atoms with Gasteiger partial charge >= 0.3 is 0 Å². The maximum absolute atomic E-state index is 12.8. The van der Waals surface area contributed by atoms with Crippen molar-refractivity contribution in [3.05, 3.63) is 42.1 Å². The molecule has 0 spiro atoms. The Labute approximate surface area is 168 Å². The number of carbonyl (C=O) groups excluding carboxylic acids is 1. The Balaban J connectivity index is 1.58. The van der Waals surface area contributed by atoms with Crippen molar-refractivity contribution in [2.45, 2.75) is 35.5 Å². The summed E-state index contributed by atoms with van der Waals surface area (Å²) in [5.41, 5.74) is 0.491. The lowest BCUT2D eigenvalue weighted by Gasteiger charge is -2.10. The van der Waals surface area contributed by atoms with Crippen molar-refractivity contribution in [3.63, 3.8) is 0 Å². The van der Waals surface area contributed by atoms with Gasteiger partial charge < -0.3 is 14.9 Å². The number of amides is 1. The van der Waals surface area contributed by atoms with E-state index in [-0.39, 0.29) is 22.0 Å². The van der Waals surface area contributed by atoms with Gasteiger partial charge in [-0.15, -0.1) is 0 Å². The number of sulfone groups is 1. The van der Waals surface area contributed by atoms with Crippen LogP contribution in [0, 0.1) is 0 Å². The predicted molar refractivity (Wildman–Crippen MR) is 105 cm³/mol. The maximum atomic E-state index is 12.8. The van der Waals surface area contributed by atoms with Gasteiger partial charge in [-0.3, -0.25) is 9.48 Å². The van der Waals surface area contributed by atoms with E-state index < -0.39 is 15.7 Å². The summed E-state index contributed by atoms with van der Waals surface area (Å²) in [6.45, 7) is 1.00. The van der Waals surface area contributed by atoms with Crippen LogP contribution in [0.15, 0.2) is 46.6 Å². The van der Waals surface area contributed by atoms with Crippen molar-refractivity contribution >= 4 is 27.3 Å². The molecule has 2 fully saturated rings. The molecule has 1 N–H and O–H groups in total. The minimum atomic E-state index is -3.30. The maximum Gasteiger partial charge on any atom is 0.279 e. The van der Waals surface area contributed by atoms with Crippen LogP contribution >= 0.6 is 0 Å². The van der Waals surface area contributed by atoms with Gasteiger partial charge in [0, 0.05) is 31.3 Å². The molecule has 1 atom stereocenters. The lowest BCUT2D eigenvalue weighted by molar-refractivity contribution is -0.110. The Morgan fingerprint density at radius 1 is 1.24 bits per heavy atom. The number of nitrogens with zero attached hydrogens (tertiary/aromatic N) is 3. The second kappa shape index (κ2) is 7.96. The average Bonchev–Trinajstić information content (AvgIpc) is 3.31. The number of oxime groups is 1. The lowest BCUT2D eigenvalue weighted by Crippen LogP contribution is -2.25. The number of nitrogens with one attached hydrogen (secondary N) is 1. The molecule has 1 aromatic heterocycles. The van der Waals surface area contributed by atoms with Crippen LogP contribution in [-0.4, -0.2) is 54.4 Å². The second-order valence-electron chi connectivity index (χ2n) is 7.13. The number of hydrogen-bond acceptors (Lipinski definition) is 7. The van der Waals surface area contributed by atoms with Crippen LogP contribution in [0.2, 0.25) is 0 Å². The molecule has 0 bridgehead atoms. The molecule has 1 saturated carbocycles. The third-order valence-electron chi connectivity index (χ3n) is 4.77. The molecule has 2 heterocycles. The van der Waals surface area contributed by atoms with Crippen molar-refractivity contribution < 1.29 is 22.8 Å². The molecule has 1 amide bonds. The largest absolute Gasteiger partial charge is 0.389 e. The molecule has 29 heavy (non-hydrogen) atoms. The Kier molecular flexibility index (Phi) is 5.37. The molecule has 1 aromatic carbocycles. The molecule has 2 aliphatic rings. The number of rotatable bonds is 7. The number of ether oxygens (including phenoxy) is 1. The van der Waals surface area contributed by atoms with E-state index in [1.807, 2.05) is 0 Å². The van der Waals surface area contributed by atoms with Crippen LogP contribution < -0.4 is 5.32 Å².